The predicted octanol–water partition coefficient (Wildman–Crippen LogP) is 2.88. The number of fused-ring (bicyclic) bond motifs is 1. The summed E-state index contributed by atoms with van der Waals surface area (Å²) >= 11 is 1.58. The Labute approximate surface area is 170 Å². The fourth-order valence-electron chi connectivity index (χ4n) is 3.41. The molecular weight excluding hydrogens is 394 g/mol. The number of benzene rings is 2. The first-order valence-electron chi connectivity index (χ1n) is 9.33. The number of anilines is 2. The second kappa shape index (κ2) is 7.77. The molecule has 2 heterocycles. The average Bonchev–Trinajstić information content (AvgIpc) is 2.86. The summed E-state index contributed by atoms with van der Waals surface area (Å²) in [5.41, 5.74) is 1.70. The number of amides is 1. The maximum atomic E-state index is 13.1. The van der Waals surface area contributed by atoms with Gasteiger partial charge in [0, 0.05) is 48.4 Å². The van der Waals surface area contributed by atoms with Crippen LogP contribution in [-0.2, 0) is 14.8 Å². The molecule has 1 saturated heterocycles. The Balaban J connectivity index is 1.52. The molecular formula is C20H23N3O3S2. The van der Waals surface area contributed by atoms with E-state index < -0.39 is 10.0 Å². The van der Waals surface area contributed by atoms with E-state index in [9.17, 15) is 13.2 Å². The molecule has 8 heteroatoms. The SMILES string of the molecule is CC1CSc2ccc(S(=O)(=O)N3CCN(c4ccccc4)CC3)cc2NC1=O. The number of piperazine rings is 1. The van der Waals surface area contributed by atoms with Crippen molar-refractivity contribution in [3.8, 4) is 0 Å². The number of carbonyl (C=O) groups is 1. The number of carbonyl (C=O) groups excluding carboxylic acids is 1. The number of sulfonamides is 1. The van der Waals surface area contributed by atoms with Crippen molar-refractivity contribution in [2.45, 2.75) is 16.7 Å². The zero-order valence-electron chi connectivity index (χ0n) is 15.7. The monoisotopic (exact) mass is 417 g/mol. The Morgan fingerprint density at radius 1 is 1.04 bits per heavy atom. The lowest BCUT2D eigenvalue weighted by Crippen LogP contribution is -2.48. The molecule has 0 aliphatic carbocycles. The number of para-hydroxylation sites is 1. The summed E-state index contributed by atoms with van der Waals surface area (Å²) in [5.74, 6) is 0.507. The first kappa shape index (κ1) is 19.3. The fraction of sp³-hybridized carbons (Fsp3) is 0.350. The number of hydrogen-bond donors (Lipinski definition) is 1. The number of rotatable bonds is 3. The average molecular weight is 418 g/mol. The van der Waals surface area contributed by atoms with Gasteiger partial charge in [0.25, 0.3) is 0 Å². The van der Waals surface area contributed by atoms with Gasteiger partial charge in [-0.2, -0.15) is 4.31 Å². The molecule has 4 rings (SSSR count). The number of hydrogen-bond acceptors (Lipinski definition) is 5. The van der Waals surface area contributed by atoms with Gasteiger partial charge < -0.3 is 10.2 Å². The minimum atomic E-state index is -3.60. The van der Waals surface area contributed by atoms with E-state index in [1.54, 1.807) is 30.0 Å². The van der Waals surface area contributed by atoms with Crippen LogP contribution in [0.3, 0.4) is 0 Å². The number of thioether (sulfide) groups is 1. The Hall–Kier alpha value is -2.03. The molecule has 6 nitrogen and oxygen atoms in total. The molecule has 28 heavy (non-hydrogen) atoms. The largest absolute Gasteiger partial charge is 0.369 e. The Bertz CT molecular complexity index is 971. The number of nitrogens with one attached hydrogen (secondary N) is 1. The van der Waals surface area contributed by atoms with Crippen LogP contribution >= 0.6 is 11.8 Å². The van der Waals surface area contributed by atoms with E-state index >= 15 is 0 Å². The molecule has 1 fully saturated rings. The molecule has 1 atom stereocenters. The zero-order chi connectivity index (χ0) is 19.7. The second-order valence-corrected chi connectivity index (χ2v) is 10.1. The van der Waals surface area contributed by atoms with E-state index in [1.807, 2.05) is 37.3 Å². The minimum Gasteiger partial charge on any atom is -0.369 e. The van der Waals surface area contributed by atoms with Crippen LogP contribution in [0.5, 0.6) is 0 Å². The van der Waals surface area contributed by atoms with Crippen molar-refractivity contribution in [1.29, 1.82) is 0 Å². The summed E-state index contributed by atoms with van der Waals surface area (Å²) in [7, 11) is -3.60. The van der Waals surface area contributed by atoms with E-state index in [0.717, 1.165) is 10.6 Å². The van der Waals surface area contributed by atoms with Crippen molar-refractivity contribution < 1.29 is 13.2 Å². The van der Waals surface area contributed by atoms with Gasteiger partial charge in [-0.3, -0.25) is 4.79 Å². The van der Waals surface area contributed by atoms with Crippen molar-refractivity contribution in [3.05, 3.63) is 48.5 Å². The summed E-state index contributed by atoms with van der Waals surface area (Å²) in [6, 6.07) is 15.1. The van der Waals surface area contributed by atoms with Gasteiger partial charge in [0.05, 0.1) is 10.6 Å². The van der Waals surface area contributed by atoms with E-state index in [2.05, 4.69) is 10.2 Å². The van der Waals surface area contributed by atoms with Crippen LogP contribution in [0.25, 0.3) is 0 Å². The summed E-state index contributed by atoms with van der Waals surface area (Å²) in [6.45, 7) is 4.05. The molecule has 2 aliphatic rings. The van der Waals surface area contributed by atoms with Gasteiger partial charge in [-0.05, 0) is 30.3 Å². The molecule has 0 radical (unpaired) electrons. The van der Waals surface area contributed by atoms with E-state index in [4.69, 9.17) is 0 Å². The standard InChI is InChI=1S/C20H23N3O3S2/c1-15-14-27-19-8-7-17(13-18(19)21-20(15)24)28(25,26)23-11-9-22(10-12-23)16-5-3-2-4-6-16/h2-8,13,15H,9-12,14H2,1H3,(H,21,24). The van der Waals surface area contributed by atoms with Crippen LogP contribution < -0.4 is 10.2 Å². The molecule has 1 unspecified atom stereocenters. The van der Waals surface area contributed by atoms with Gasteiger partial charge in [0.15, 0.2) is 0 Å². The van der Waals surface area contributed by atoms with Crippen molar-refractivity contribution in [1.82, 2.24) is 4.31 Å². The molecule has 1 N–H and O–H groups in total. The van der Waals surface area contributed by atoms with Crippen LogP contribution in [0.4, 0.5) is 11.4 Å². The van der Waals surface area contributed by atoms with Gasteiger partial charge in [-0.15, -0.1) is 11.8 Å². The highest BCUT2D eigenvalue weighted by molar-refractivity contribution is 7.99. The molecule has 2 aromatic carbocycles. The topological polar surface area (TPSA) is 69.7 Å². The lowest BCUT2D eigenvalue weighted by atomic mass is 10.2. The molecule has 1 amide bonds. The molecule has 0 aromatic heterocycles. The molecule has 148 valence electrons. The highest BCUT2D eigenvalue weighted by atomic mass is 32.2. The van der Waals surface area contributed by atoms with Crippen LogP contribution in [0, 0.1) is 5.92 Å². The van der Waals surface area contributed by atoms with Gasteiger partial charge >= 0.3 is 0 Å². The van der Waals surface area contributed by atoms with Crippen molar-refractivity contribution in [3.63, 3.8) is 0 Å². The van der Waals surface area contributed by atoms with Crippen LogP contribution in [0.2, 0.25) is 0 Å². The van der Waals surface area contributed by atoms with Gasteiger partial charge in [0.2, 0.25) is 15.9 Å². The summed E-state index contributed by atoms with van der Waals surface area (Å²) in [5, 5.41) is 2.87. The van der Waals surface area contributed by atoms with Gasteiger partial charge in [-0.25, -0.2) is 8.42 Å². The normalized spacial score (nSPS) is 21.0. The Kier molecular flexibility index (Phi) is 5.35. The van der Waals surface area contributed by atoms with Crippen molar-refractivity contribution in [2.75, 3.05) is 42.1 Å². The Morgan fingerprint density at radius 3 is 2.46 bits per heavy atom. The smallest absolute Gasteiger partial charge is 0.243 e. The van der Waals surface area contributed by atoms with Gasteiger partial charge in [0.1, 0.15) is 0 Å². The maximum Gasteiger partial charge on any atom is 0.243 e. The second-order valence-electron chi connectivity index (χ2n) is 7.09. The predicted molar refractivity (Wildman–Crippen MR) is 112 cm³/mol. The zero-order valence-corrected chi connectivity index (χ0v) is 17.3. The quantitative estimate of drug-likeness (QED) is 0.832. The third-order valence-corrected chi connectivity index (χ3v) is 8.37. The van der Waals surface area contributed by atoms with E-state index in [1.165, 1.54) is 4.31 Å². The van der Waals surface area contributed by atoms with Crippen LogP contribution in [-0.4, -0.2) is 50.6 Å². The minimum absolute atomic E-state index is 0.0720. The highest BCUT2D eigenvalue weighted by Gasteiger charge is 2.30. The Morgan fingerprint density at radius 2 is 1.75 bits per heavy atom. The van der Waals surface area contributed by atoms with E-state index in [-0.39, 0.29) is 16.7 Å². The first-order valence-corrected chi connectivity index (χ1v) is 11.8. The molecule has 2 aromatic rings. The molecule has 0 bridgehead atoms. The summed E-state index contributed by atoms with van der Waals surface area (Å²) in [6.07, 6.45) is 0. The van der Waals surface area contributed by atoms with Crippen molar-refractivity contribution in [2.24, 2.45) is 5.92 Å². The lowest BCUT2D eigenvalue weighted by molar-refractivity contribution is -0.118. The molecule has 0 spiro atoms. The first-order chi connectivity index (χ1) is 13.4. The van der Waals surface area contributed by atoms with E-state index in [0.29, 0.717) is 37.6 Å². The molecule has 0 saturated carbocycles. The molecule has 2 aliphatic heterocycles. The number of nitrogens with zero attached hydrogens (tertiary/aromatic N) is 2. The highest BCUT2D eigenvalue weighted by Crippen LogP contribution is 2.35. The summed E-state index contributed by atoms with van der Waals surface area (Å²) < 4.78 is 27.8. The van der Waals surface area contributed by atoms with Crippen molar-refractivity contribution >= 4 is 39.1 Å². The third-order valence-electron chi connectivity index (χ3n) is 5.14. The summed E-state index contributed by atoms with van der Waals surface area (Å²) in [4.78, 5) is 15.5. The fourth-order valence-corrected chi connectivity index (χ4v) is 5.87. The third kappa shape index (κ3) is 3.76. The van der Waals surface area contributed by atoms with Gasteiger partial charge in [-0.1, -0.05) is 25.1 Å². The van der Waals surface area contributed by atoms with Crippen LogP contribution in [0.15, 0.2) is 58.3 Å². The van der Waals surface area contributed by atoms with Crippen LogP contribution in [0.1, 0.15) is 6.92 Å². The lowest BCUT2D eigenvalue weighted by Gasteiger charge is -2.35. The maximum absolute atomic E-state index is 13.1.